The zero-order valence-corrected chi connectivity index (χ0v) is 24.2. The third-order valence-corrected chi connectivity index (χ3v) is 8.95. The molecule has 4 aromatic carbocycles. The van der Waals surface area contributed by atoms with Crippen molar-refractivity contribution < 1.29 is 0 Å². The molecule has 0 saturated carbocycles. The van der Waals surface area contributed by atoms with Crippen molar-refractivity contribution in [2.45, 2.75) is 31.2 Å². The highest BCUT2D eigenvalue weighted by atomic mass is 28.2. The molecule has 0 N–H and O–H groups in total. The summed E-state index contributed by atoms with van der Waals surface area (Å²) in [6.45, 7) is 2.36. The maximum Gasteiger partial charge on any atom is 0.217 e. The lowest BCUT2D eigenvalue weighted by Crippen LogP contribution is -2.32. The lowest BCUT2D eigenvalue weighted by atomic mass is 9.58. The Kier molecular flexibility index (Phi) is 9.43. The molecule has 0 aliphatic heterocycles. The smallest absolute Gasteiger partial charge is 0.217 e. The maximum absolute atomic E-state index is 4.79. The van der Waals surface area contributed by atoms with Gasteiger partial charge in [0.05, 0.1) is 15.2 Å². The first-order valence-corrected chi connectivity index (χ1v) is 16.0. The first kappa shape index (κ1) is 26.7. The van der Waals surface area contributed by atoms with Crippen molar-refractivity contribution in [3.63, 3.8) is 0 Å². The number of hydrogen-bond acceptors (Lipinski definition) is 1. The van der Waals surface area contributed by atoms with E-state index in [0.29, 0.717) is 17.7 Å². The first-order chi connectivity index (χ1) is 19.3. The summed E-state index contributed by atoms with van der Waals surface area (Å²) in [4.78, 5) is 4.79. The highest BCUT2D eigenvalue weighted by Crippen LogP contribution is 2.31. The summed E-state index contributed by atoms with van der Waals surface area (Å²) in [5.41, 5.74) is 9.15. The van der Waals surface area contributed by atoms with E-state index in [1.807, 2.05) is 6.20 Å². The van der Waals surface area contributed by atoms with Crippen LogP contribution in [0.4, 0.5) is 0 Å². The van der Waals surface area contributed by atoms with E-state index in [9.17, 15) is 0 Å². The predicted molar refractivity (Wildman–Crippen MR) is 170 cm³/mol. The number of imidazole rings is 1. The summed E-state index contributed by atoms with van der Waals surface area (Å²) in [6.07, 6.45) is 8.78. The summed E-state index contributed by atoms with van der Waals surface area (Å²) < 4.78 is 2.39. The van der Waals surface area contributed by atoms with E-state index in [-0.39, 0.29) is 0 Å². The maximum atomic E-state index is 4.79. The summed E-state index contributed by atoms with van der Waals surface area (Å²) in [7, 11) is 0.510. The Balaban J connectivity index is 1.22. The van der Waals surface area contributed by atoms with Gasteiger partial charge in [0, 0.05) is 24.5 Å². The van der Waals surface area contributed by atoms with Crippen LogP contribution in [0.3, 0.4) is 0 Å². The van der Waals surface area contributed by atoms with Gasteiger partial charge in [0.15, 0.2) is 0 Å². The van der Waals surface area contributed by atoms with Crippen LogP contribution >= 0.6 is 0 Å². The molecule has 0 fully saturated rings. The molecule has 1 unspecified atom stereocenters. The van der Waals surface area contributed by atoms with Crippen LogP contribution in [0.2, 0.25) is 0 Å². The summed E-state index contributed by atoms with van der Waals surface area (Å²) >= 11 is 0. The van der Waals surface area contributed by atoms with Crippen molar-refractivity contribution in [2.75, 3.05) is 0 Å². The molecule has 2 nitrogen and oxygen atoms in total. The highest BCUT2D eigenvalue weighted by Gasteiger charge is 2.19. The molecule has 0 saturated heterocycles. The molecule has 39 heavy (non-hydrogen) atoms. The zero-order chi connectivity index (χ0) is 26.7. The minimum atomic E-state index is -0.398. The Morgan fingerprint density at radius 3 is 1.72 bits per heavy atom. The average molecular weight is 525 g/mol. The third kappa shape index (κ3) is 7.36. The Bertz CT molecular complexity index is 1340. The van der Waals surface area contributed by atoms with Crippen LogP contribution in [-0.4, -0.2) is 26.4 Å². The fourth-order valence-electron chi connectivity index (χ4n) is 5.54. The monoisotopic (exact) mass is 524 g/mol. The van der Waals surface area contributed by atoms with Crippen LogP contribution in [-0.2, 0) is 6.17 Å². The second-order valence-electron chi connectivity index (χ2n) is 10.4. The second kappa shape index (κ2) is 13.8. The fourth-order valence-corrected chi connectivity index (χ4v) is 7.03. The molecule has 0 bridgehead atoms. The molecule has 0 aliphatic rings. The molecule has 0 radical (unpaired) electrons. The predicted octanol–water partition coefficient (Wildman–Crippen LogP) is 6.23. The molecule has 5 aromatic rings. The molecule has 1 aromatic heterocycles. The van der Waals surface area contributed by atoms with Crippen LogP contribution in [0, 0.1) is 5.92 Å². The number of allylic oxidation sites excluding steroid dienone is 1. The van der Waals surface area contributed by atoms with Crippen molar-refractivity contribution in [2.24, 2.45) is 5.92 Å². The highest BCUT2D eigenvalue weighted by molar-refractivity contribution is 6.54. The lowest BCUT2D eigenvalue weighted by molar-refractivity contribution is 0.590. The first-order valence-electron chi connectivity index (χ1n) is 14.1. The summed E-state index contributed by atoms with van der Waals surface area (Å²) in [6, 6.07) is 43.6. The number of benzene rings is 4. The molecule has 1 atom stereocenters. The number of hydrogen-bond donors (Lipinski definition) is 0. The van der Waals surface area contributed by atoms with Crippen molar-refractivity contribution >= 4 is 22.5 Å². The molecule has 0 amide bonds. The molecular weight excluding hydrogens is 487 g/mol. The molecular formula is C35H37BN2Si. The standard InChI is InChI=1S/C35H37BN2Si/c1-28(26-33(29-14-6-2-7-15-29)30-16-8-3-9-17-30)22-25-39-27-38-24-23-37-35(38)36-34(31-18-10-4-11-19-31)32-20-12-5-13-21-32/h2-25,28,33-34,36H,26-27,39H2,1H3. The fraction of sp³-hybridized carbons (Fsp3) is 0.171. The zero-order valence-electron chi connectivity index (χ0n) is 22.8. The molecule has 194 valence electrons. The van der Waals surface area contributed by atoms with E-state index < -0.39 is 9.52 Å². The number of aromatic nitrogens is 2. The third-order valence-electron chi connectivity index (χ3n) is 7.60. The number of rotatable bonds is 12. The van der Waals surface area contributed by atoms with Gasteiger partial charge in [0.25, 0.3) is 0 Å². The van der Waals surface area contributed by atoms with Crippen molar-refractivity contribution in [3.8, 4) is 0 Å². The Morgan fingerprint density at radius 2 is 1.21 bits per heavy atom. The van der Waals surface area contributed by atoms with Gasteiger partial charge in [-0.2, -0.15) is 0 Å². The second-order valence-corrected chi connectivity index (χ2v) is 11.9. The number of nitrogens with zero attached hydrogens (tertiary/aromatic N) is 2. The van der Waals surface area contributed by atoms with Gasteiger partial charge in [-0.25, -0.2) is 0 Å². The minimum Gasteiger partial charge on any atom is -0.346 e. The summed E-state index contributed by atoms with van der Waals surface area (Å²) in [5.74, 6) is 1.24. The lowest BCUT2D eigenvalue weighted by Gasteiger charge is -2.20. The topological polar surface area (TPSA) is 17.8 Å². The molecule has 1 heterocycles. The van der Waals surface area contributed by atoms with Gasteiger partial charge >= 0.3 is 0 Å². The van der Waals surface area contributed by atoms with Crippen LogP contribution in [0.25, 0.3) is 0 Å². The van der Waals surface area contributed by atoms with Crippen molar-refractivity contribution in [3.05, 3.63) is 168 Å². The van der Waals surface area contributed by atoms with Gasteiger partial charge in [-0.15, -0.1) is 5.70 Å². The van der Waals surface area contributed by atoms with Crippen LogP contribution in [0.1, 0.15) is 47.3 Å². The SMILES string of the molecule is CC(C=C[SiH2]Cn1ccnc1BC(c1ccccc1)c1ccccc1)CC(c1ccccc1)c1ccccc1. The molecule has 4 heteroatoms. The quantitative estimate of drug-likeness (QED) is 0.177. The Hall–Kier alpha value is -3.89. The van der Waals surface area contributed by atoms with E-state index in [2.05, 4.69) is 151 Å². The van der Waals surface area contributed by atoms with E-state index >= 15 is 0 Å². The van der Waals surface area contributed by atoms with E-state index in [4.69, 9.17) is 4.98 Å². The largest absolute Gasteiger partial charge is 0.346 e. The van der Waals surface area contributed by atoms with Gasteiger partial charge < -0.3 is 4.57 Å². The minimum absolute atomic E-state index is 0.304. The molecule has 0 spiro atoms. The average Bonchev–Trinajstić information content (AvgIpc) is 3.45. The van der Waals surface area contributed by atoms with Gasteiger partial charge in [-0.1, -0.05) is 134 Å². The Labute approximate surface area is 236 Å². The van der Waals surface area contributed by atoms with Crippen LogP contribution < -0.4 is 5.72 Å². The normalized spacial score (nSPS) is 12.6. The summed E-state index contributed by atoms with van der Waals surface area (Å²) in [5, 5.41) is 0. The Morgan fingerprint density at radius 1 is 0.718 bits per heavy atom. The van der Waals surface area contributed by atoms with E-state index in [1.54, 1.807) is 0 Å². The van der Waals surface area contributed by atoms with Gasteiger partial charge in [0.2, 0.25) is 7.28 Å². The van der Waals surface area contributed by atoms with Gasteiger partial charge in [0.1, 0.15) is 0 Å². The van der Waals surface area contributed by atoms with Crippen molar-refractivity contribution in [1.82, 2.24) is 9.55 Å². The van der Waals surface area contributed by atoms with E-state index in [0.717, 1.165) is 19.9 Å². The van der Waals surface area contributed by atoms with E-state index in [1.165, 1.54) is 28.0 Å². The van der Waals surface area contributed by atoms with Crippen LogP contribution in [0.15, 0.2) is 145 Å². The van der Waals surface area contributed by atoms with Gasteiger partial charge in [-0.3, -0.25) is 4.98 Å². The molecule has 0 aliphatic carbocycles. The van der Waals surface area contributed by atoms with Crippen LogP contribution in [0.5, 0.6) is 0 Å². The molecule has 5 rings (SSSR count). The van der Waals surface area contributed by atoms with Gasteiger partial charge in [-0.05, 0) is 40.4 Å². The van der Waals surface area contributed by atoms with Crippen molar-refractivity contribution in [1.29, 1.82) is 0 Å².